The lowest BCUT2D eigenvalue weighted by Gasteiger charge is -2.25. The molecule has 2 heterocycles. The first kappa shape index (κ1) is 18.8. The monoisotopic (exact) mass is 382 g/mol. The lowest BCUT2D eigenvalue weighted by molar-refractivity contribution is -0.179. The molecule has 0 aliphatic carbocycles. The number of pyridine rings is 1. The van der Waals surface area contributed by atoms with Gasteiger partial charge in [0.05, 0.1) is 20.3 Å². The highest BCUT2D eigenvalue weighted by Crippen LogP contribution is 2.28. The maximum absolute atomic E-state index is 12.1. The molecule has 1 aromatic heterocycles. The van der Waals surface area contributed by atoms with Crippen molar-refractivity contribution in [3.63, 3.8) is 0 Å². The molecule has 144 valence electrons. The van der Waals surface area contributed by atoms with Crippen molar-refractivity contribution < 1.29 is 24.2 Å². The number of hydrazine groups is 1. The average molecular weight is 382 g/mol. The normalized spacial score (nSPS) is 14.1. The summed E-state index contributed by atoms with van der Waals surface area (Å²) in [7, 11) is 2.86. The molecule has 0 spiro atoms. The summed E-state index contributed by atoms with van der Waals surface area (Å²) in [6.07, 6.45) is 4.65. The van der Waals surface area contributed by atoms with Crippen LogP contribution in [0.25, 0.3) is 5.57 Å². The lowest BCUT2D eigenvalue weighted by atomic mass is 9.98. The minimum absolute atomic E-state index is 0.169. The number of carboxylic acids is 1. The fourth-order valence-electron chi connectivity index (χ4n) is 2.45. The Morgan fingerprint density at radius 2 is 1.82 bits per heavy atom. The van der Waals surface area contributed by atoms with Crippen LogP contribution in [0.2, 0.25) is 0 Å². The molecule has 2 aromatic rings. The van der Waals surface area contributed by atoms with Crippen molar-refractivity contribution in [2.24, 2.45) is 5.10 Å². The Hall–Kier alpha value is -4.01. The molecule has 0 amide bonds. The van der Waals surface area contributed by atoms with Gasteiger partial charge in [0.2, 0.25) is 11.8 Å². The maximum Gasteiger partial charge on any atom is 0.375 e. The number of hydrazone groups is 1. The van der Waals surface area contributed by atoms with Gasteiger partial charge in [0.25, 0.3) is 5.76 Å². The second-order valence-electron chi connectivity index (χ2n) is 5.45. The van der Waals surface area contributed by atoms with Gasteiger partial charge in [-0.2, -0.15) is 0 Å². The Bertz CT molecular complexity index is 884. The summed E-state index contributed by atoms with van der Waals surface area (Å²) in [4.78, 5) is 21.7. The Morgan fingerprint density at radius 3 is 2.43 bits per heavy atom. The third-order valence-corrected chi connectivity index (χ3v) is 3.69. The fourth-order valence-corrected chi connectivity index (χ4v) is 2.45. The van der Waals surface area contributed by atoms with E-state index < -0.39 is 5.97 Å². The maximum atomic E-state index is 12.1. The molecule has 2 N–H and O–H groups in total. The van der Waals surface area contributed by atoms with Crippen LogP contribution in [0.15, 0.2) is 77.7 Å². The highest BCUT2D eigenvalue weighted by Gasteiger charge is 2.25. The van der Waals surface area contributed by atoms with Crippen molar-refractivity contribution in [1.29, 1.82) is 0 Å². The van der Waals surface area contributed by atoms with Crippen LogP contribution in [0.5, 0.6) is 0 Å². The van der Waals surface area contributed by atoms with Gasteiger partial charge in [0.1, 0.15) is 0 Å². The molecule has 1 aliphatic heterocycles. The quantitative estimate of drug-likeness (QED) is 0.578. The zero-order valence-corrected chi connectivity index (χ0v) is 15.2. The van der Waals surface area contributed by atoms with E-state index in [9.17, 15) is 9.90 Å². The molecule has 3 rings (SSSR count). The Morgan fingerprint density at radius 1 is 1.07 bits per heavy atom. The molecule has 9 nitrogen and oxygen atoms in total. The Kier molecular flexibility index (Phi) is 5.75. The molecule has 0 saturated carbocycles. The molecule has 1 aromatic carbocycles. The van der Waals surface area contributed by atoms with Gasteiger partial charge >= 0.3 is 5.97 Å². The van der Waals surface area contributed by atoms with Crippen molar-refractivity contribution in [1.82, 2.24) is 15.7 Å². The summed E-state index contributed by atoms with van der Waals surface area (Å²) in [5.41, 5.74) is 4.23. The van der Waals surface area contributed by atoms with Gasteiger partial charge in [-0.25, -0.2) is 10.2 Å². The van der Waals surface area contributed by atoms with Crippen molar-refractivity contribution in [3.8, 4) is 0 Å². The molecule has 0 unspecified atom stereocenters. The third kappa shape index (κ3) is 4.21. The number of carboxylic acid groups (broad SMARTS) is 1. The number of rotatable bonds is 6. The van der Waals surface area contributed by atoms with Crippen molar-refractivity contribution in [3.05, 3.63) is 83.7 Å². The zero-order chi connectivity index (χ0) is 19.9. The number of nitrogens with one attached hydrogen (secondary N) is 1. The molecule has 9 heteroatoms. The van der Waals surface area contributed by atoms with E-state index in [0.717, 1.165) is 5.28 Å². The van der Waals surface area contributed by atoms with Crippen LogP contribution in [0.4, 0.5) is 0 Å². The second-order valence-corrected chi connectivity index (χ2v) is 5.45. The SMILES string of the molecule is COC1=CC(OC)=NN(OC(C(=O)O)=C(c2ccccc2)c2cccnc2)N1. The van der Waals surface area contributed by atoms with E-state index in [2.05, 4.69) is 15.5 Å². The van der Waals surface area contributed by atoms with Crippen LogP contribution in [-0.4, -0.2) is 41.5 Å². The summed E-state index contributed by atoms with van der Waals surface area (Å²) in [5.74, 6) is -1.21. The van der Waals surface area contributed by atoms with Gasteiger partial charge in [-0.15, -0.1) is 0 Å². The summed E-state index contributed by atoms with van der Waals surface area (Å²) >= 11 is 0. The second kappa shape index (κ2) is 8.58. The third-order valence-electron chi connectivity index (χ3n) is 3.69. The number of hydrogen-bond acceptors (Lipinski definition) is 8. The van der Waals surface area contributed by atoms with E-state index in [-0.39, 0.29) is 17.5 Å². The van der Waals surface area contributed by atoms with E-state index in [1.54, 1.807) is 48.8 Å². The number of aliphatic carboxylic acids is 1. The topological polar surface area (TPSA) is 106 Å². The largest absolute Gasteiger partial charge is 0.481 e. The predicted octanol–water partition coefficient (Wildman–Crippen LogP) is 2.13. The smallest absolute Gasteiger partial charge is 0.375 e. The van der Waals surface area contributed by atoms with Gasteiger partial charge < -0.3 is 19.4 Å². The molecule has 0 bridgehead atoms. The molecule has 0 saturated heterocycles. The minimum atomic E-state index is -1.29. The Labute approximate surface area is 161 Å². The molecule has 0 atom stereocenters. The highest BCUT2D eigenvalue weighted by molar-refractivity contribution is 5.98. The predicted molar refractivity (Wildman–Crippen MR) is 99.9 cm³/mol. The van der Waals surface area contributed by atoms with Crippen LogP contribution < -0.4 is 5.43 Å². The standard InChI is InChI=1S/C19H18N4O5/c1-26-15-11-16(27-2)22-23(21-15)28-18(19(24)25)17(13-7-4-3-5-8-13)14-9-6-10-20-12-14/h3-12,21H,1-2H3,(H,24,25). The first-order valence-electron chi connectivity index (χ1n) is 8.18. The van der Waals surface area contributed by atoms with Gasteiger partial charge in [-0.05, 0) is 16.9 Å². The van der Waals surface area contributed by atoms with Crippen molar-refractivity contribution in [2.45, 2.75) is 0 Å². The van der Waals surface area contributed by atoms with Gasteiger partial charge in [0, 0.05) is 23.5 Å². The number of ether oxygens (including phenoxy) is 2. The Balaban J connectivity index is 2.08. The summed E-state index contributed by atoms with van der Waals surface area (Å²) in [6.45, 7) is 0. The zero-order valence-electron chi connectivity index (χ0n) is 15.2. The average Bonchev–Trinajstić information content (AvgIpc) is 2.74. The van der Waals surface area contributed by atoms with Crippen molar-refractivity contribution in [2.75, 3.05) is 14.2 Å². The lowest BCUT2D eigenvalue weighted by Crippen LogP contribution is -2.38. The van der Waals surface area contributed by atoms with Crippen LogP contribution in [0.3, 0.4) is 0 Å². The van der Waals surface area contributed by atoms with Crippen molar-refractivity contribution >= 4 is 17.4 Å². The van der Waals surface area contributed by atoms with Crippen LogP contribution in [-0.2, 0) is 19.1 Å². The first-order chi connectivity index (χ1) is 13.6. The minimum Gasteiger partial charge on any atom is -0.481 e. The summed E-state index contributed by atoms with van der Waals surface area (Å²) in [6, 6.07) is 12.5. The van der Waals surface area contributed by atoms with Crippen LogP contribution >= 0.6 is 0 Å². The van der Waals surface area contributed by atoms with E-state index in [4.69, 9.17) is 14.3 Å². The molecule has 28 heavy (non-hydrogen) atoms. The molecular formula is C19H18N4O5. The van der Waals surface area contributed by atoms with E-state index in [1.807, 2.05) is 6.07 Å². The molecular weight excluding hydrogens is 364 g/mol. The number of methoxy groups -OCH3 is 2. The molecule has 1 aliphatic rings. The van der Waals surface area contributed by atoms with Gasteiger partial charge in [-0.1, -0.05) is 41.5 Å². The first-order valence-corrected chi connectivity index (χ1v) is 8.18. The highest BCUT2D eigenvalue weighted by atomic mass is 16.8. The number of aromatic nitrogens is 1. The van der Waals surface area contributed by atoms with E-state index in [1.165, 1.54) is 20.3 Å². The summed E-state index contributed by atoms with van der Waals surface area (Å²) < 4.78 is 10.2. The molecule has 0 fully saturated rings. The molecule has 0 radical (unpaired) electrons. The van der Waals surface area contributed by atoms with Gasteiger partial charge in [0.15, 0.2) is 0 Å². The number of benzene rings is 1. The van der Waals surface area contributed by atoms with Gasteiger partial charge in [-0.3, -0.25) is 4.98 Å². The van der Waals surface area contributed by atoms with Crippen LogP contribution in [0.1, 0.15) is 11.1 Å². The summed E-state index contributed by atoms with van der Waals surface area (Å²) in [5, 5.41) is 14.7. The fraction of sp³-hybridized carbons (Fsp3) is 0.105. The number of nitrogens with zero attached hydrogens (tertiary/aromatic N) is 3. The van der Waals surface area contributed by atoms with Crippen LogP contribution in [0, 0.1) is 0 Å². The number of hydrogen-bond donors (Lipinski definition) is 2. The number of carbonyl (C=O) groups is 1. The van der Waals surface area contributed by atoms with E-state index >= 15 is 0 Å². The van der Waals surface area contributed by atoms with E-state index in [0.29, 0.717) is 16.7 Å².